The number of benzene rings is 2. The molecule has 2 aromatic heterocycles. The normalized spacial score (nSPS) is 17.2. The van der Waals surface area contributed by atoms with Gasteiger partial charge in [-0.1, -0.05) is 61.0 Å². The molecule has 1 fully saturated rings. The Labute approximate surface area is 324 Å². The summed E-state index contributed by atoms with van der Waals surface area (Å²) in [5.41, 5.74) is 4.78. The van der Waals surface area contributed by atoms with Gasteiger partial charge in [0, 0.05) is 61.7 Å². The van der Waals surface area contributed by atoms with Crippen LogP contribution in [0.4, 0.5) is 13.2 Å². The largest absolute Gasteiger partial charge is 0.481 e. The lowest BCUT2D eigenvalue weighted by Gasteiger charge is -2.21. The first-order valence-electron chi connectivity index (χ1n) is 18.5. The molecule has 0 unspecified atom stereocenters. The summed E-state index contributed by atoms with van der Waals surface area (Å²) in [6, 6.07) is 16.2. The van der Waals surface area contributed by atoms with Gasteiger partial charge in [-0.3, -0.25) is 9.59 Å². The fraction of sp³-hybridized carbons (Fsp3) is 0.429. The molecule has 0 radical (unpaired) electrons. The number of carbonyl (C=O) groups is 2. The van der Waals surface area contributed by atoms with Crippen LogP contribution in [0.15, 0.2) is 54.6 Å². The van der Waals surface area contributed by atoms with Crippen molar-refractivity contribution in [2.24, 2.45) is 11.8 Å². The SMILES string of the molecule is COc1nc(-c2cccc(-c3cccc4c3CC[C@@H]4Oc3nc(OC)c(CC[C@@H](C)C(=O)N(C)C)cc3C(F)(F)F)c2Cl)ccc1CNC[C@@H]1CCC(=O)C1. The molecule has 292 valence electrons. The molecule has 13 heteroatoms. The fourth-order valence-corrected chi connectivity index (χ4v) is 7.90. The van der Waals surface area contributed by atoms with Crippen LogP contribution in [-0.2, 0) is 35.2 Å². The van der Waals surface area contributed by atoms with E-state index in [1.54, 1.807) is 28.1 Å². The van der Waals surface area contributed by atoms with Gasteiger partial charge in [0.15, 0.2) is 0 Å². The van der Waals surface area contributed by atoms with E-state index < -0.39 is 29.6 Å². The highest BCUT2D eigenvalue weighted by Crippen LogP contribution is 2.46. The summed E-state index contributed by atoms with van der Waals surface area (Å²) < 4.78 is 60.7. The van der Waals surface area contributed by atoms with E-state index in [-0.39, 0.29) is 23.8 Å². The minimum absolute atomic E-state index is 0.0272. The molecule has 55 heavy (non-hydrogen) atoms. The van der Waals surface area contributed by atoms with Gasteiger partial charge in [-0.25, -0.2) is 4.98 Å². The maximum atomic E-state index is 14.5. The van der Waals surface area contributed by atoms with E-state index in [4.69, 9.17) is 30.8 Å². The van der Waals surface area contributed by atoms with Crippen LogP contribution in [0.2, 0.25) is 5.02 Å². The van der Waals surface area contributed by atoms with Crippen molar-refractivity contribution >= 4 is 23.3 Å². The summed E-state index contributed by atoms with van der Waals surface area (Å²) >= 11 is 7.12. The maximum Gasteiger partial charge on any atom is 0.421 e. The molecule has 1 saturated carbocycles. The third-order valence-electron chi connectivity index (χ3n) is 10.5. The lowest BCUT2D eigenvalue weighted by atomic mass is 9.94. The monoisotopic (exact) mass is 778 g/mol. The highest BCUT2D eigenvalue weighted by atomic mass is 35.5. The number of nitrogens with zero attached hydrogens (tertiary/aromatic N) is 3. The first kappa shape index (κ1) is 40.0. The second-order valence-electron chi connectivity index (χ2n) is 14.5. The highest BCUT2D eigenvalue weighted by molar-refractivity contribution is 6.36. The Kier molecular flexibility index (Phi) is 12.4. The Morgan fingerprint density at radius 3 is 2.35 bits per heavy atom. The molecule has 3 atom stereocenters. The molecule has 0 saturated heterocycles. The van der Waals surface area contributed by atoms with Gasteiger partial charge in [-0.05, 0) is 73.4 Å². The number of amides is 1. The minimum atomic E-state index is -4.74. The van der Waals surface area contributed by atoms with Crippen LogP contribution in [0.1, 0.15) is 72.9 Å². The Bertz CT molecular complexity index is 2060. The Hall–Kier alpha value is -4.68. The number of pyridine rings is 2. The molecule has 0 spiro atoms. The molecular weight excluding hydrogens is 733 g/mol. The molecule has 9 nitrogen and oxygen atoms in total. The van der Waals surface area contributed by atoms with E-state index in [0.717, 1.165) is 46.8 Å². The lowest BCUT2D eigenvalue weighted by Crippen LogP contribution is -2.28. The van der Waals surface area contributed by atoms with Gasteiger partial charge in [0.1, 0.15) is 17.5 Å². The zero-order chi connectivity index (χ0) is 39.4. The van der Waals surface area contributed by atoms with Crippen molar-refractivity contribution in [3.63, 3.8) is 0 Å². The number of ketones is 1. The number of carbonyl (C=O) groups excluding carboxylic acids is 2. The number of hydrogen-bond donors (Lipinski definition) is 1. The first-order chi connectivity index (χ1) is 26.3. The van der Waals surface area contributed by atoms with Crippen LogP contribution in [0.3, 0.4) is 0 Å². The van der Waals surface area contributed by atoms with Gasteiger partial charge in [-0.2, -0.15) is 18.2 Å². The van der Waals surface area contributed by atoms with Crippen molar-refractivity contribution < 1.29 is 37.0 Å². The van der Waals surface area contributed by atoms with Crippen LogP contribution >= 0.6 is 11.6 Å². The van der Waals surface area contributed by atoms with Gasteiger partial charge in [0.05, 0.1) is 24.9 Å². The molecular formula is C42H46ClF3N4O5. The molecule has 1 amide bonds. The number of Topliss-reactive ketones (excluding diaryl/α,β-unsaturated/α-hetero) is 1. The van der Waals surface area contributed by atoms with Crippen LogP contribution < -0.4 is 19.5 Å². The third kappa shape index (κ3) is 8.91. The van der Waals surface area contributed by atoms with Crippen molar-refractivity contribution in [2.45, 2.75) is 70.7 Å². The van der Waals surface area contributed by atoms with E-state index in [1.165, 1.54) is 12.0 Å². The van der Waals surface area contributed by atoms with E-state index in [2.05, 4.69) is 10.3 Å². The summed E-state index contributed by atoms with van der Waals surface area (Å²) in [7, 11) is 6.21. The Morgan fingerprint density at radius 1 is 0.945 bits per heavy atom. The molecule has 2 aliphatic rings. The van der Waals surface area contributed by atoms with Gasteiger partial charge in [-0.15, -0.1) is 0 Å². The summed E-state index contributed by atoms with van der Waals surface area (Å²) in [4.78, 5) is 34.5. The number of aryl methyl sites for hydroxylation is 1. The van der Waals surface area contributed by atoms with Crippen molar-refractivity contribution in [3.8, 4) is 40.0 Å². The van der Waals surface area contributed by atoms with Crippen LogP contribution in [0.25, 0.3) is 22.4 Å². The van der Waals surface area contributed by atoms with Crippen molar-refractivity contribution in [1.29, 1.82) is 0 Å². The molecule has 0 bridgehead atoms. The number of fused-ring (bicyclic) bond motifs is 1. The summed E-state index contributed by atoms with van der Waals surface area (Å²) in [6.07, 6.45) is -1.77. The van der Waals surface area contributed by atoms with Crippen molar-refractivity contribution in [2.75, 3.05) is 34.9 Å². The van der Waals surface area contributed by atoms with Gasteiger partial charge in [0.2, 0.25) is 23.5 Å². The quantitative estimate of drug-likeness (QED) is 0.136. The van der Waals surface area contributed by atoms with Crippen molar-refractivity contribution in [1.82, 2.24) is 20.2 Å². The number of halogens is 4. The third-order valence-corrected chi connectivity index (χ3v) is 10.9. The Balaban J connectivity index is 1.24. The number of alkyl halides is 3. The van der Waals surface area contributed by atoms with Gasteiger partial charge < -0.3 is 24.4 Å². The average Bonchev–Trinajstić information content (AvgIpc) is 3.78. The van der Waals surface area contributed by atoms with Crippen LogP contribution in [0, 0.1) is 11.8 Å². The predicted octanol–water partition coefficient (Wildman–Crippen LogP) is 8.68. The molecule has 4 aromatic rings. The second kappa shape index (κ2) is 17.0. The number of ether oxygens (including phenoxy) is 3. The number of methoxy groups -OCH3 is 2. The number of hydrogen-bond acceptors (Lipinski definition) is 8. The zero-order valence-corrected chi connectivity index (χ0v) is 32.4. The topological polar surface area (TPSA) is 103 Å². The van der Waals surface area contributed by atoms with E-state index in [9.17, 15) is 22.8 Å². The molecule has 2 aromatic carbocycles. The first-order valence-corrected chi connectivity index (χ1v) is 18.9. The second-order valence-corrected chi connectivity index (χ2v) is 14.9. The maximum absolute atomic E-state index is 14.5. The van der Waals surface area contributed by atoms with Crippen LogP contribution in [0.5, 0.6) is 17.6 Å². The minimum Gasteiger partial charge on any atom is -0.481 e. The molecule has 2 heterocycles. The average molecular weight is 779 g/mol. The van der Waals surface area contributed by atoms with E-state index in [0.29, 0.717) is 72.5 Å². The van der Waals surface area contributed by atoms with Crippen molar-refractivity contribution in [3.05, 3.63) is 87.4 Å². The zero-order valence-electron chi connectivity index (χ0n) is 31.7. The van der Waals surface area contributed by atoms with Gasteiger partial charge >= 0.3 is 6.18 Å². The highest BCUT2D eigenvalue weighted by Gasteiger charge is 2.39. The fourth-order valence-electron chi connectivity index (χ4n) is 7.58. The number of rotatable bonds is 14. The van der Waals surface area contributed by atoms with Crippen LogP contribution in [-0.4, -0.2) is 61.4 Å². The number of aromatic nitrogens is 2. The number of nitrogens with one attached hydrogen (secondary N) is 1. The van der Waals surface area contributed by atoms with E-state index in [1.807, 2.05) is 48.5 Å². The summed E-state index contributed by atoms with van der Waals surface area (Å²) in [5.74, 6) is 0.114. The Morgan fingerprint density at radius 2 is 1.65 bits per heavy atom. The smallest absolute Gasteiger partial charge is 0.421 e. The summed E-state index contributed by atoms with van der Waals surface area (Å²) in [5, 5.41) is 3.91. The van der Waals surface area contributed by atoms with E-state index >= 15 is 0 Å². The molecule has 2 aliphatic carbocycles. The molecule has 6 rings (SSSR count). The molecule has 1 N–H and O–H groups in total. The predicted molar refractivity (Wildman–Crippen MR) is 204 cm³/mol. The summed E-state index contributed by atoms with van der Waals surface area (Å²) in [6.45, 7) is 3.04. The lowest BCUT2D eigenvalue weighted by molar-refractivity contribution is -0.140. The standard InChI is InChI=1S/C42H46ClF3N4O5/c1-24(41(52)50(2)3)12-14-26-21-34(42(44,45)46)40(49-38(26)53-4)55-36-19-17-30-29(8-6-9-31(30)36)32-10-7-11-33(37(32)43)35-18-15-27(39(48-35)54-5)23-47-22-25-13-16-28(51)20-25/h6-11,15,18,21,24-25,36,47H,12-14,16-17,19-20,22-23H2,1-5H3/t24-,25-,36+/m1/s1. The van der Waals surface area contributed by atoms with Gasteiger partial charge in [0.25, 0.3) is 0 Å². The molecule has 0 aliphatic heterocycles.